The first-order valence-corrected chi connectivity index (χ1v) is 9.02. The van der Waals surface area contributed by atoms with E-state index in [1.165, 1.54) is 22.6 Å². The molecule has 128 valence electrons. The molecule has 1 unspecified atom stereocenters. The Morgan fingerprint density at radius 3 is 3.00 bits per heavy atom. The molecule has 24 heavy (non-hydrogen) atoms. The maximum atomic E-state index is 12.3. The van der Waals surface area contributed by atoms with Crippen LogP contribution in [0.2, 0.25) is 0 Å². The van der Waals surface area contributed by atoms with Gasteiger partial charge in [-0.2, -0.15) is 4.98 Å². The highest BCUT2D eigenvalue weighted by Gasteiger charge is 2.19. The van der Waals surface area contributed by atoms with Crippen molar-refractivity contribution in [3.05, 3.63) is 49.8 Å². The standard InChI is InChI=1S/C17H22N4O2S/c1-11-10-12(2)21(17(23)20-11)9-8-19-16(22)15-6-5-14(24-15)13-4-3-7-18-13/h5-6,10,13,18H,3-4,7-9H2,1-2H3,(H,19,22). The second-order valence-electron chi connectivity index (χ2n) is 6.08. The molecular weight excluding hydrogens is 324 g/mol. The molecule has 6 nitrogen and oxygen atoms in total. The Labute approximate surface area is 144 Å². The van der Waals surface area contributed by atoms with Gasteiger partial charge in [-0.05, 0) is 51.4 Å². The minimum absolute atomic E-state index is 0.0879. The van der Waals surface area contributed by atoms with E-state index in [0.717, 1.165) is 18.7 Å². The lowest BCUT2D eigenvalue weighted by Crippen LogP contribution is -2.32. The Morgan fingerprint density at radius 1 is 1.46 bits per heavy atom. The number of thiophene rings is 1. The van der Waals surface area contributed by atoms with Gasteiger partial charge in [-0.25, -0.2) is 4.79 Å². The fourth-order valence-corrected chi connectivity index (χ4v) is 4.04. The summed E-state index contributed by atoms with van der Waals surface area (Å²) < 4.78 is 1.58. The molecule has 0 aromatic carbocycles. The van der Waals surface area contributed by atoms with Crippen LogP contribution in [-0.4, -0.2) is 28.5 Å². The Morgan fingerprint density at radius 2 is 2.29 bits per heavy atom. The van der Waals surface area contributed by atoms with Crippen molar-refractivity contribution < 1.29 is 4.79 Å². The summed E-state index contributed by atoms with van der Waals surface area (Å²) in [7, 11) is 0. The Kier molecular flexibility index (Phi) is 5.11. The van der Waals surface area contributed by atoms with Gasteiger partial charge >= 0.3 is 5.69 Å². The molecular formula is C17H22N4O2S. The SMILES string of the molecule is Cc1cc(C)n(CCNC(=O)c2ccc(C3CCCN3)s2)c(=O)n1. The van der Waals surface area contributed by atoms with E-state index in [1.54, 1.807) is 11.5 Å². The van der Waals surface area contributed by atoms with Crippen molar-refractivity contribution in [3.8, 4) is 0 Å². The number of carbonyl (C=O) groups is 1. The molecule has 0 radical (unpaired) electrons. The maximum Gasteiger partial charge on any atom is 0.348 e. The highest BCUT2D eigenvalue weighted by Crippen LogP contribution is 2.29. The van der Waals surface area contributed by atoms with Crippen molar-refractivity contribution in [1.82, 2.24) is 20.2 Å². The van der Waals surface area contributed by atoms with Gasteiger partial charge in [0.2, 0.25) is 0 Å². The molecule has 0 saturated carbocycles. The lowest BCUT2D eigenvalue weighted by atomic mass is 10.2. The smallest absolute Gasteiger partial charge is 0.348 e. The number of aromatic nitrogens is 2. The predicted molar refractivity (Wildman–Crippen MR) is 94.6 cm³/mol. The fourth-order valence-electron chi connectivity index (χ4n) is 3.00. The largest absolute Gasteiger partial charge is 0.350 e. The summed E-state index contributed by atoms with van der Waals surface area (Å²) in [6.07, 6.45) is 2.31. The van der Waals surface area contributed by atoms with E-state index in [2.05, 4.69) is 15.6 Å². The van der Waals surface area contributed by atoms with Gasteiger partial charge in [0.1, 0.15) is 0 Å². The summed E-state index contributed by atoms with van der Waals surface area (Å²) >= 11 is 1.54. The van der Waals surface area contributed by atoms with Crippen LogP contribution < -0.4 is 16.3 Å². The third-order valence-electron chi connectivity index (χ3n) is 4.22. The molecule has 1 aliphatic heterocycles. The summed E-state index contributed by atoms with van der Waals surface area (Å²) in [6, 6.07) is 6.15. The van der Waals surface area contributed by atoms with Crippen molar-refractivity contribution in [3.63, 3.8) is 0 Å². The predicted octanol–water partition coefficient (Wildman–Crippen LogP) is 1.78. The first-order valence-electron chi connectivity index (χ1n) is 8.21. The highest BCUT2D eigenvalue weighted by atomic mass is 32.1. The topological polar surface area (TPSA) is 76.0 Å². The molecule has 0 aliphatic carbocycles. The highest BCUT2D eigenvalue weighted by molar-refractivity contribution is 7.14. The summed E-state index contributed by atoms with van der Waals surface area (Å²) in [5.41, 5.74) is 1.30. The van der Waals surface area contributed by atoms with E-state index in [1.807, 2.05) is 25.1 Å². The minimum atomic E-state index is -0.271. The zero-order valence-corrected chi connectivity index (χ0v) is 14.8. The Hall–Kier alpha value is -1.99. The quantitative estimate of drug-likeness (QED) is 0.865. The van der Waals surface area contributed by atoms with Crippen LogP contribution in [0.1, 0.15) is 44.8 Å². The lowest BCUT2D eigenvalue weighted by Gasteiger charge is -2.10. The first kappa shape index (κ1) is 16.9. The van der Waals surface area contributed by atoms with E-state index in [0.29, 0.717) is 29.7 Å². The van der Waals surface area contributed by atoms with Gasteiger partial charge in [0.25, 0.3) is 5.91 Å². The summed E-state index contributed by atoms with van der Waals surface area (Å²) in [6.45, 7) is 5.54. The first-order chi connectivity index (χ1) is 11.5. The number of nitrogens with one attached hydrogen (secondary N) is 2. The number of carbonyl (C=O) groups excluding carboxylic acids is 1. The molecule has 3 rings (SSSR count). The monoisotopic (exact) mass is 346 g/mol. The second kappa shape index (κ2) is 7.27. The van der Waals surface area contributed by atoms with Gasteiger partial charge in [-0.3, -0.25) is 9.36 Å². The van der Waals surface area contributed by atoms with Crippen LogP contribution in [0.3, 0.4) is 0 Å². The van der Waals surface area contributed by atoms with Crippen LogP contribution in [0.4, 0.5) is 0 Å². The molecule has 2 aromatic rings. The van der Waals surface area contributed by atoms with Crippen LogP contribution in [0.5, 0.6) is 0 Å². The molecule has 1 atom stereocenters. The number of hydrogen-bond donors (Lipinski definition) is 2. The van der Waals surface area contributed by atoms with Gasteiger partial charge in [-0.15, -0.1) is 11.3 Å². The van der Waals surface area contributed by atoms with Crippen LogP contribution >= 0.6 is 11.3 Å². The summed E-state index contributed by atoms with van der Waals surface area (Å²) in [5, 5.41) is 6.32. The minimum Gasteiger partial charge on any atom is -0.350 e. The van der Waals surface area contributed by atoms with Crippen molar-refractivity contribution >= 4 is 17.2 Å². The van der Waals surface area contributed by atoms with E-state index in [-0.39, 0.29) is 11.6 Å². The van der Waals surface area contributed by atoms with E-state index < -0.39 is 0 Å². The Bertz CT molecular complexity index is 790. The maximum absolute atomic E-state index is 12.3. The molecule has 2 aromatic heterocycles. The van der Waals surface area contributed by atoms with Gasteiger partial charge < -0.3 is 10.6 Å². The van der Waals surface area contributed by atoms with Crippen molar-refractivity contribution in [2.75, 3.05) is 13.1 Å². The van der Waals surface area contributed by atoms with Crippen LogP contribution in [0.15, 0.2) is 23.0 Å². The van der Waals surface area contributed by atoms with Crippen molar-refractivity contribution in [2.24, 2.45) is 0 Å². The molecule has 0 bridgehead atoms. The lowest BCUT2D eigenvalue weighted by molar-refractivity contribution is 0.0956. The normalized spacial score (nSPS) is 17.2. The average molecular weight is 346 g/mol. The zero-order valence-electron chi connectivity index (χ0n) is 14.0. The molecule has 1 fully saturated rings. The molecule has 0 spiro atoms. The molecule has 1 aliphatic rings. The third kappa shape index (κ3) is 3.73. The van der Waals surface area contributed by atoms with Crippen LogP contribution in [0, 0.1) is 13.8 Å². The van der Waals surface area contributed by atoms with Crippen molar-refractivity contribution in [2.45, 2.75) is 39.3 Å². The fraction of sp³-hybridized carbons (Fsp3) is 0.471. The van der Waals surface area contributed by atoms with Gasteiger partial charge in [-0.1, -0.05) is 0 Å². The second-order valence-corrected chi connectivity index (χ2v) is 7.20. The van der Waals surface area contributed by atoms with E-state index >= 15 is 0 Å². The molecule has 1 saturated heterocycles. The molecule has 1 amide bonds. The number of hydrogen-bond acceptors (Lipinski definition) is 5. The number of nitrogens with zero attached hydrogens (tertiary/aromatic N) is 2. The molecule has 3 heterocycles. The number of rotatable bonds is 5. The van der Waals surface area contributed by atoms with E-state index in [9.17, 15) is 9.59 Å². The molecule has 7 heteroatoms. The third-order valence-corrected chi connectivity index (χ3v) is 5.42. The summed E-state index contributed by atoms with van der Waals surface area (Å²) in [4.78, 5) is 30.0. The summed E-state index contributed by atoms with van der Waals surface area (Å²) in [5.74, 6) is -0.0879. The Balaban J connectivity index is 1.57. The van der Waals surface area contributed by atoms with Gasteiger partial charge in [0.05, 0.1) is 4.88 Å². The molecule has 2 N–H and O–H groups in total. The number of aryl methyl sites for hydroxylation is 2. The zero-order chi connectivity index (χ0) is 17.1. The van der Waals surface area contributed by atoms with Gasteiger partial charge in [0.15, 0.2) is 0 Å². The van der Waals surface area contributed by atoms with Gasteiger partial charge in [0, 0.05) is 35.4 Å². The average Bonchev–Trinajstić information content (AvgIpc) is 3.19. The van der Waals surface area contributed by atoms with Crippen LogP contribution in [-0.2, 0) is 6.54 Å². The van der Waals surface area contributed by atoms with E-state index in [4.69, 9.17) is 0 Å². The number of amides is 1. The van der Waals surface area contributed by atoms with Crippen LogP contribution in [0.25, 0.3) is 0 Å². The van der Waals surface area contributed by atoms with Crippen molar-refractivity contribution in [1.29, 1.82) is 0 Å².